The Balaban J connectivity index is 1.39. The van der Waals surface area contributed by atoms with E-state index in [4.69, 9.17) is 0 Å². The topological polar surface area (TPSA) is 78.5 Å². The van der Waals surface area contributed by atoms with E-state index in [1.165, 1.54) is 0 Å². The predicted molar refractivity (Wildman–Crippen MR) is 97.6 cm³/mol. The molecule has 26 heavy (non-hydrogen) atoms. The van der Waals surface area contributed by atoms with E-state index < -0.39 is 0 Å². The molecule has 1 aromatic carbocycles. The van der Waals surface area contributed by atoms with Crippen molar-refractivity contribution in [3.63, 3.8) is 0 Å². The molecule has 138 valence electrons. The first-order chi connectivity index (χ1) is 12.6. The van der Waals surface area contributed by atoms with E-state index in [-0.39, 0.29) is 29.6 Å². The van der Waals surface area contributed by atoms with E-state index in [9.17, 15) is 14.4 Å². The summed E-state index contributed by atoms with van der Waals surface area (Å²) < 4.78 is 0. The summed E-state index contributed by atoms with van der Waals surface area (Å²) in [5.74, 6) is 0.0458. The molecule has 1 aliphatic heterocycles. The molecule has 3 amide bonds. The minimum atomic E-state index is -0.119. The van der Waals surface area contributed by atoms with E-state index in [1.807, 2.05) is 0 Å². The van der Waals surface area contributed by atoms with Crippen LogP contribution in [0.3, 0.4) is 0 Å². The Morgan fingerprint density at radius 2 is 1.77 bits per heavy atom. The normalized spacial score (nSPS) is 22.6. The van der Waals surface area contributed by atoms with Crippen LogP contribution in [0.5, 0.6) is 0 Å². The summed E-state index contributed by atoms with van der Waals surface area (Å²) in [6, 6.07) is 7.44. The molecule has 3 fully saturated rings. The van der Waals surface area contributed by atoms with Crippen LogP contribution >= 0.6 is 0 Å². The van der Waals surface area contributed by atoms with Crippen molar-refractivity contribution >= 4 is 23.4 Å². The third kappa shape index (κ3) is 4.06. The lowest BCUT2D eigenvalue weighted by Crippen LogP contribution is -2.45. The number of rotatable bonds is 5. The molecule has 1 saturated heterocycles. The first-order valence-corrected chi connectivity index (χ1v) is 9.61. The first-order valence-electron chi connectivity index (χ1n) is 9.61. The quantitative estimate of drug-likeness (QED) is 0.850. The largest absolute Gasteiger partial charge is 0.353 e. The first kappa shape index (κ1) is 17.1. The van der Waals surface area contributed by atoms with Gasteiger partial charge in [-0.25, -0.2) is 0 Å². The maximum atomic E-state index is 12.9. The molecule has 0 bridgehead atoms. The van der Waals surface area contributed by atoms with Gasteiger partial charge in [0.2, 0.25) is 11.8 Å². The van der Waals surface area contributed by atoms with Crippen LogP contribution in [-0.2, 0) is 9.59 Å². The Kier molecular flexibility index (Phi) is 4.66. The number of carbonyl (C=O) groups excluding carboxylic acids is 3. The van der Waals surface area contributed by atoms with Gasteiger partial charge in [0.05, 0.1) is 5.92 Å². The number of carbonyl (C=O) groups is 3. The van der Waals surface area contributed by atoms with E-state index in [1.54, 1.807) is 29.2 Å². The fourth-order valence-electron chi connectivity index (χ4n) is 3.42. The number of hydrogen-bond acceptors (Lipinski definition) is 3. The molecule has 3 aliphatic rings. The highest BCUT2D eigenvalue weighted by molar-refractivity contribution is 5.98. The number of nitrogens with one attached hydrogen (secondary N) is 2. The highest BCUT2D eigenvalue weighted by Gasteiger charge is 2.32. The van der Waals surface area contributed by atoms with Gasteiger partial charge in [-0.2, -0.15) is 0 Å². The lowest BCUT2D eigenvalue weighted by molar-refractivity contribution is -0.126. The molecular formula is C20H25N3O3. The summed E-state index contributed by atoms with van der Waals surface area (Å²) in [7, 11) is 0. The van der Waals surface area contributed by atoms with Crippen LogP contribution < -0.4 is 10.6 Å². The Bertz CT molecular complexity index is 725. The monoisotopic (exact) mass is 355 g/mol. The molecular weight excluding hydrogens is 330 g/mol. The Labute approximate surface area is 153 Å². The van der Waals surface area contributed by atoms with E-state index in [0.29, 0.717) is 30.4 Å². The number of likely N-dealkylation sites (tertiary alicyclic amines) is 1. The van der Waals surface area contributed by atoms with Crippen molar-refractivity contribution in [1.82, 2.24) is 10.2 Å². The highest BCUT2D eigenvalue weighted by atomic mass is 16.2. The number of hydrogen-bond donors (Lipinski definition) is 2. The van der Waals surface area contributed by atoms with Gasteiger partial charge >= 0.3 is 0 Å². The molecule has 0 aromatic heterocycles. The van der Waals surface area contributed by atoms with Crippen LogP contribution in [0.25, 0.3) is 0 Å². The van der Waals surface area contributed by atoms with Crippen molar-refractivity contribution in [2.24, 2.45) is 11.8 Å². The summed E-state index contributed by atoms with van der Waals surface area (Å²) in [6.45, 7) is 1.14. The summed E-state index contributed by atoms with van der Waals surface area (Å²) in [5, 5.41) is 5.93. The molecule has 0 radical (unpaired) electrons. The second kappa shape index (κ2) is 7.09. The van der Waals surface area contributed by atoms with Crippen molar-refractivity contribution in [3.05, 3.63) is 29.8 Å². The van der Waals surface area contributed by atoms with Gasteiger partial charge in [-0.05, 0) is 56.7 Å². The summed E-state index contributed by atoms with van der Waals surface area (Å²) in [5.41, 5.74) is 1.22. The number of amides is 3. The second-order valence-corrected chi connectivity index (χ2v) is 7.72. The molecule has 6 heteroatoms. The third-order valence-corrected chi connectivity index (χ3v) is 5.33. The van der Waals surface area contributed by atoms with Crippen molar-refractivity contribution in [1.29, 1.82) is 0 Å². The number of benzene rings is 1. The maximum Gasteiger partial charge on any atom is 0.253 e. The van der Waals surface area contributed by atoms with Crippen LogP contribution in [0.4, 0.5) is 5.69 Å². The average molecular weight is 355 g/mol. The van der Waals surface area contributed by atoms with Crippen LogP contribution in [0.1, 0.15) is 48.9 Å². The van der Waals surface area contributed by atoms with Crippen molar-refractivity contribution in [3.8, 4) is 0 Å². The summed E-state index contributed by atoms with van der Waals surface area (Å²) >= 11 is 0. The average Bonchev–Trinajstić information content (AvgIpc) is 3.55. The van der Waals surface area contributed by atoms with Crippen LogP contribution in [-0.4, -0.2) is 41.8 Å². The van der Waals surface area contributed by atoms with Gasteiger partial charge < -0.3 is 15.5 Å². The fraction of sp³-hybridized carbons (Fsp3) is 0.550. The lowest BCUT2D eigenvalue weighted by atomic mass is 9.96. The molecule has 2 aliphatic carbocycles. The molecule has 2 N–H and O–H groups in total. The smallest absolute Gasteiger partial charge is 0.253 e. The molecule has 2 saturated carbocycles. The van der Waals surface area contributed by atoms with Crippen molar-refractivity contribution < 1.29 is 14.4 Å². The second-order valence-electron chi connectivity index (χ2n) is 7.72. The van der Waals surface area contributed by atoms with Crippen molar-refractivity contribution in [2.75, 3.05) is 18.4 Å². The number of nitrogens with zero attached hydrogens (tertiary/aromatic N) is 1. The number of anilines is 1. The SMILES string of the molecule is O=C(Nc1cccc(C(=O)N2CCC[C@H](C(=O)NC3CC3)C2)c1)C1CC1. The fourth-order valence-corrected chi connectivity index (χ4v) is 3.42. The van der Waals surface area contributed by atoms with E-state index in [0.717, 1.165) is 38.5 Å². The zero-order valence-electron chi connectivity index (χ0n) is 14.9. The van der Waals surface area contributed by atoms with E-state index >= 15 is 0 Å². The minimum Gasteiger partial charge on any atom is -0.353 e. The lowest BCUT2D eigenvalue weighted by Gasteiger charge is -2.32. The Hall–Kier alpha value is -2.37. The summed E-state index contributed by atoms with van der Waals surface area (Å²) in [4.78, 5) is 38.9. The zero-order chi connectivity index (χ0) is 18.1. The number of piperidine rings is 1. The van der Waals surface area contributed by atoms with E-state index in [2.05, 4.69) is 10.6 Å². The zero-order valence-corrected chi connectivity index (χ0v) is 14.9. The van der Waals surface area contributed by atoms with Gasteiger partial charge in [0.1, 0.15) is 0 Å². The van der Waals surface area contributed by atoms with Gasteiger partial charge in [0, 0.05) is 36.3 Å². The van der Waals surface area contributed by atoms with Crippen LogP contribution in [0.2, 0.25) is 0 Å². The predicted octanol–water partition coefficient (Wildman–Crippen LogP) is 2.17. The van der Waals surface area contributed by atoms with Gasteiger partial charge in [0.25, 0.3) is 5.91 Å². The standard InChI is InChI=1S/C20H25N3O3/c24-18(13-6-7-13)22-17-5-1-3-14(11-17)20(26)23-10-2-4-15(12-23)19(25)21-16-8-9-16/h1,3,5,11,13,15-16H,2,4,6-10,12H2,(H,21,25)(H,22,24)/t15-/m0/s1. The van der Waals surface area contributed by atoms with Gasteiger partial charge in [0.15, 0.2) is 0 Å². The minimum absolute atomic E-state index is 0.0318. The van der Waals surface area contributed by atoms with Gasteiger partial charge in [-0.3, -0.25) is 14.4 Å². The van der Waals surface area contributed by atoms with Gasteiger partial charge in [-0.15, -0.1) is 0 Å². The molecule has 6 nitrogen and oxygen atoms in total. The third-order valence-electron chi connectivity index (χ3n) is 5.33. The van der Waals surface area contributed by atoms with Gasteiger partial charge in [-0.1, -0.05) is 6.07 Å². The van der Waals surface area contributed by atoms with Crippen molar-refractivity contribution in [2.45, 2.75) is 44.6 Å². The highest BCUT2D eigenvalue weighted by Crippen LogP contribution is 2.30. The molecule has 4 rings (SSSR count). The van der Waals surface area contributed by atoms with Crippen LogP contribution in [0.15, 0.2) is 24.3 Å². The Morgan fingerprint density at radius 3 is 2.50 bits per heavy atom. The maximum absolute atomic E-state index is 12.9. The summed E-state index contributed by atoms with van der Waals surface area (Å²) in [6.07, 6.45) is 5.71. The Morgan fingerprint density at radius 1 is 0.962 bits per heavy atom. The molecule has 1 atom stereocenters. The molecule has 0 unspecified atom stereocenters. The molecule has 0 spiro atoms. The molecule has 1 heterocycles. The van der Waals surface area contributed by atoms with Crippen LogP contribution in [0, 0.1) is 11.8 Å². The molecule has 1 aromatic rings.